The quantitative estimate of drug-likeness (QED) is 0.595. The molecule has 0 aromatic carbocycles. The number of carboxylic acid groups (broad SMARTS) is 1. The van der Waals surface area contributed by atoms with Gasteiger partial charge in [-0.15, -0.1) is 0 Å². The summed E-state index contributed by atoms with van der Waals surface area (Å²) in [5, 5.41) is 11.4. The number of sulfone groups is 1. The monoisotopic (exact) mass is 308 g/mol. The normalized spacial score (nSPS) is 15.4. The topological polar surface area (TPSA) is 127 Å². The summed E-state index contributed by atoms with van der Waals surface area (Å²) in [5.41, 5.74) is 5.18. The van der Waals surface area contributed by atoms with E-state index in [0.717, 1.165) is 6.26 Å². The maximum absolute atomic E-state index is 11.9. The van der Waals surface area contributed by atoms with Crippen molar-refractivity contribution in [2.24, 2.45) is 11.1 Å². The van der Waals surface area contributed by atoms with E-state index in [9.17, 15) is 18.0 Å². The fraction of sp³-hybridized carbons (Fsp3) is 0.833. The van der Waals surface area contributed by atoms with Gasteiger partial charge in [0.1, 0.15) is 9.84 Å². The van der Waals surface area contributed by atoms with Crippen LogP contribution in [0.15, 0.2) is 0 Å². The van der Waals surface area contributed by atoms with E-state index < -0.39 is 39.2 Å². The van der Waals surface area contributed by atoms with Gasteiger partial charge in [-0.1, -0.05) is 20.8 Å². The number of nitrogens with two attached hydrogens (primary N) is 1. The Balaban J connectivity index is 4.63. The summed E-state index contributed by atoms with van der Waals surface area (Å²) in [6.45, 7) is 5.43. The van der Waals surface area contributed by atoms with E-state index in [1.165, 1.54) is 0 Å². The number of carbonyl (C=O) groups excluding carboxylic acids is 1. The standard InChI is InChI=1S/C12H24N2O5S/c1-12(2,3)9(7-10(15)16)14-11(17)8(13)5-6-20(4,18)19/h8-9H,5-7,13H2,1-4H3,(H,14,17)(H,15,16). The smallest absolute Gasteiger partial charge is 0.305 e. The van der Waals surface area contributed by atoms with Gasteiger partial charge in [0.25, 0.3) is 0 Å². The zero-order valence-corrected chi connectivity index (χ0v) is 13.2. The Morgan fingerprint density at radius 1 is 1.30 bits per heavy atom. The van der Waals surface area contributed by atoms with Gasteiger partial charge >= 0.3 is 5.97 Å². The zero-order valence-electron chi connectivity index (χ0n) is 12.3. The molecule has 0 aromatic rings. The second-order valence-electron chi connectivity index (χ2n) is 6.05. The summed E-state index contributed by atoms with van der Waals surface area (Å²) in [6.07, 6.45) is 0.864. The largest absolute Gasteiger partial charge is 0.481 e. The Kier molecular flexibility index (Phi) is 6.63. The summed E-state index contributed by atoms with van der Waals surface area (Å²) in [4.78, 5) is 22.7. The lowest BCUT2D eigenvalue weighted by Gasteiger charge is -2.31. The minimum Gasteiger partial charge on any atom is -0.481 e. The summed E-state index contributed by atoms with van der Waals surface area (Å²) in [6, 6.07) is -1.54. The number of hydrogen-bond donors (Lipinski definition) is 3. The van der Waals surface area contributed by atoms with E-state index in [1.54, 1.807) is 0 Å². The van der Waals surface area contributed by atoms with Gasteiger partial charge in [0.2, 0.25) is 5.91 Å². The fourth-order valence-electron chi connectivity index (χ4n) is 1.50. The molecule has 0 fully saturated rings. The molecule has 0 aliphatic heterocycles. The molecule has 2 unspecified atom stereocenters. The van der Waals surface area contributed by atoms with Crippen LogP contribution < -0.4 is 11.1 Å². The van der Waals surface area contributed by atoms with Crippen molar-refractivity contribution in [2.75, 3.05) is 12.0 Å². The maximum Gasteiger partial charge on any atom is 0.305 e. The second-order valence-corrected chi connectivity index (χ2v) is 8.31. The molecule has 0 bridgehead atoms. The van der Waals surface area contributed by atoms with Gasteiger partial charge in [-0.3, -0.25) is 9.59 Å². The highest BCUT2D eigenvalue weighted by Gasteiger charge is 2.30. The van der Waals surface area contributed by atoms with E-state index in [0.29, 0.717) is 0 Å². The van der Waals surface area contributed by atoms with Gasteiger partial charge in [0.05, 0.1) is 18.2 Å². The number of rotatable bonds is 7. The minimum atomic E-state index is -3.18. The van der Waals surface area contributed by atoms with Crippen LogP contribution in [-0.4, -0.2) is 49.5 Å². The third kappa shape index (κ3) is 8.11. The lowest BCUT2D eigenvalue weighted by molar-refractivity contribution is -0.138. The van der Waals surface area contributed by atoms with Gasteiger partial charge in [-0.05, 0) is 11.8 Å². The molecule has 20 heavy (non-hydrogen) atoms. The molecule has 0 saturated heterocycles. The predicted octanol–water partition coefficient (Wildman–Crippen LogP) is -0.246. The van der Waals surface area contributed by atoms with Crippen LogP contribution in [0.25, 0.3) is 0 Å². The third-order valence-corrected chi connectivity index (χ3v) is 3.85. The van der Waals surface area contributed by atoms with Crippen molar-refractivity contribution in [3.05, 3.63) is 0 Å². The molecule has 0 radical (unpaired) electrons. The van der Waals surface area contributed by atoms with E-state index in [4.69, 9.17) is 10.8 Å². The first kappa shape index (κ1) is 18.9. The molecular formula is C12H24N2O5S. The molecule has 7 nitrogen and oxygen atoms in total. The molecule has 2 atom stereocenters. The molecule has 0 aliphatic rings. The van der Waals surface area contributed by atoms with Crippen molar-refractivity contribution in [2.45, 2.75) is 45.7 Å². The SMILES string of the molecule is CC(C)(C)C(CC(=O)O)NC(=O)C(N)CCS(C)(=O)=O. The van der Waals surface area contributed by atoms with Gasteiger partial charge in [0.15, 0.2) is 0 Å². The Bertz CT molecular complexity index is 453. The highest BCUT2D eigenvalue weighted by molar-refractivity contribution is 7.90. The Labute approximate surface area is 119 Å². The van der Waals surface area contributed by atoms with E-state index in [-0.39, 0.29) is 18.6 Å². The molecule has 4 N–H and O–H groups in total. The molecule has 0 aromatic heterocycles. The summed E-state index contributed by atoms with van der Waals surface area (Å²) in [5.74, 6) is -1.73. The fourth-order valence-corrected chi connectivity index (χ4v) is 2.18. The highest BCUT2D eigenvalue weighted by atomic mass is 32.2. The van der Waals surface area contributed by atoms with Crippen molar-refractivity contribution < 1.29 is 23.1 Å². The summed E-state index contributed by atoms with van der Waals surface area (Å²) < 4.78 is 22.0. The van der Waals surface area contributed by atoms with Crippen LogP contribution in [0, 0.1) is 5.41 Å². The van der Waals surface area contributed by atoms with Crippen LogP contribution in [0.5, 0.6) is 0 Å². The number of carbonyl (C=O) groups is 2. The lowest BCUT2D eigenvalue weighted by atomic mass is 9.84. The van der Waals surface area contributed by atoms with Crippen LogP contribution in [-0.2, 0) is 19.4 Å². The number of hydrogen-bond acceptors (Lipinski definition) is 5. The van der Waals surface area contributed by atoms with Crippen LogP contribution >= 0.6 is 0 Å². The number of carboxylic acids is 1. The molecule has 0 rings (SSSR count). The number of nitrogens with one attached hydrogen (secondary N) is 1. The average molecular weight is 308 g/mol. The number of amides is 1. The molecule has 118 valence electrons. The van der Waals surface area contributed by atoms with Crippen molar-refractivity contribution in [3.63, 3.8) is 0 Å². The molecule has 1 amide bonds. The van der Waals surface area contributed by atoms with Gasteiger partial charge < -0.3 is 16.2 Å². The maximum atomic E-state index is 11.9. The van der Waals surface area contributed by atoms with E-state index >= 15 is 0 Å². The molecule has 0 saturated carbocycles. The molecular weight excluding hydrogens is 284 g/mol. The van der Waals surface area contributed by atoms with Crippen LogP contribution in [0.1, 0.15) is 33.6 Å². The summed E-state index contributed by atoms with van der Waals surface area (Å²) >= 11 is 0. The molecule has 0 aliphatic carbocycles. The van der Waals surface area contributed by atoms with Crippen molar-refractivity contribution in [1.82, 2.24) is 5.32 Å². The molecule has 0 heterocycles. The highest BCUT2D eigenvalue weighted by Crippen LogP contribution is 2.22. The van der Waals surface area contributed by atoms with Crippen LogP contribution in [0.2, 0.25) is 0 Å². The van der Waals surface area contributed by atoms with Crippen molar-refractivity contribution in [3.8, 4) is 0 Å². The average Bonchev–Trinajstić information content (AvgIpc) is 2.21. The predicted molar refractivity (Wildman–Crippen MR) is 75.9 cm³/mol. The van der Waals surface area contributed by atoms with E-state index in [1.807, 2.05) is 20.8 Å². The lowest BCUT2D eigenvalue weighted by Crippen LogP contribution is -2.51. The first-order valence-corrected chi connectivity index (χ1v) is 8.34. The first-order valence-electron chi connectivity index (χ1n) is 6.28. The Hall–Kier alpha value is -1.15. The van der Waals surface area contributed by atoms with Crippen molar-refractivity contribution >= 4 is 21.7 Å². The van der Waals surface area contributed by atoms with Crippen LogP contribution in [0.3, 0.4) is 0 Å². The zero-order chi connectivity index (χ0) is 16.1. The van der Waals surface area contributed by atoms with Crippen molar-refractivity contribution in [1.29, 1.82) is 0 Å². The molecule has 8 heteroatoms. The van der Waals surface area contributed by atoms with Gasteiger partial charge in [-0.2, -0.15) is 0 Å². The van der Waals surface area contributed by atoms with Crippen LogP contribution in [0.4, 0.5) is 0 Å². The molecule has 0 spiro atoms. The number of aliphatic carboxylic acids is 1. The Morgan fingerprint density at radius 2 is 1.80 bits per heavy atom. The van der Waals surface area contributed by atoms with Gasteiger partial charge in [0, 0.05) is 12.3 Å². The summed E-state index contributed by atoms with van der Waals surface area (Å²) in [7, 11) is -3.18. The van der Waals surface area contributed by atoms with Gasteiger partial charge in [-0.25, -0.2) is 8.42 Å². The second kappa shape index (κ2) is 7.03. The van der Waals surface area contributed by atoms with E-state index in [2.05, 4.69) is 5.32 Å². The Morgan fingerprint density at radius 3 is 2.15 bits per heavy atom. The minimum absolute atomic E-state index is 0.00853. The third-order valence-electron chi connectivity index (χ3n) is 2.88. The first-order chi connectivity index (χ1) is 8.83.